The Kier molecular flexibility index (Phi) is 10.1. The Bertz CT molecular complexity index is 1110. The quantitative estimate of drug-likeness (QED) is 0.420. The van der Waals surface area contributed by atoms with Crippen molar-refractivity contribution in [2.75, 3.05) is 39.1 Å². The molecule has 12 heteroatoms. The minimum atomic E-state index is -1.14. The van der Waals surface area contributed by atoms with Gasteiger partial charge in [0.05, 0.1) is 17.9 Å². The van der Waals surface area contributed by atoms with Crippen molar-refractivity contribution in [2.24, 2.45) is 0 Å². The summed E-state index contributed by atoms with van der Waals surface area (Å²) in [6.45, 7) is 1.69. The van der Waals surface area contributed by atoms with E-state index in [0.29, 0.717) is 10.0 Å². The SMILES string of the molecule is COC(=O)CCC(=O)NC[C@@H](NC(=O)Oc1ccc(Cl)s1)C(=O)Nc1ccc2c(c1)CCN(C)CC2. The van der Waals surface area contributed by atoms with Crippen LogP contribution >= 0.6 is 22.9 Å². The van der Waals surface area contributed by atoms with Gasteiger partial charge in [0.25, 0.3) is 0 Å². The molecule has 0 saturated heterocycles. The zero-order chi connectivity index (χ0) is 26.1. The van der Waals surface area contributed by atoms with Gasteiger partial charge in [-0.05, 0) is 55.3 Å². The van der Waals surface area contributed by atoms with Gasteiger partial charge in [0.2, 0.25) is 11.8 Å². The molecule has 0 saturated carbocycles. The molecule has 0 unspecified atom stereocenters. The topological polar surface area (TPSA) is 126 Å². The molecule has 0 radical (unpaired) electrons. The number of carbonyl (C=O) groups is 4. The van der Waals surface area contributed by atoms with Crippen molar-refractivity contribution in [1.82, 2.24) is 15.5 Å². The van der Waals surface area contributed by atoms with Gasteiger partial charge in [-0.3, -0.25) is 14.4 Å². The number of thiophene rings is 1. The number of esters is 1. The van der Waals surface area contributed by atoms with Crippen LogP contribution in [-0.2, 0) is 32.0 Å². The summed E-state index contributed by atoms with van der Waals surface area (Å²) in [5, 5.41) is 8.12. The highest BCUT2D eigenvalue weighted by molar-refractivity contribution is 7.17. The van der Waals surface area contributed by atoms with Crippen LogP contribution in [0.5, 0.6) is 5.06 Å². The summed E-state index contributed by atoms with van der Waals surface area (Å²) in [5.41, 5.74) is 2.99. The number of hydrogen-bond donors (Lipinski definition) is 3. The molecule has 194 valence electrons. The second-order valence-corrected chi connectivity index (χ2v) is 9.98. The number of hydrogen-bond acceptors (Lipinski definition) is 8. The maximum atomic E-state index is 13.1. The van der Waals surface area contributed by atoms with Crippen LogP contribution in [0.3, 0.4) is 0 Å². The van der Waals surface area contributed by atoms with Crippen LogP contribution in [0.25, 0.3) is 0 Å². The van der Waals surface area contributed by atoms with Gasteiger partial charge in [-0.25, -0.2) is 4.79 Å². The first-order valence-electron chi connectivity index (χ1n) is 11.4. The fourth-order valence-electron chi connectivity index (χ4n) is 3.59. The van der Waals surface area contributed by atoms with E-state index in [1.54, 1.807) is 6.07 Å². The molecular formula is C24H29ClN4O6S. The predicted octanol–water partition coefficient (Wildman–Crippen LogP) is 2.60. The van der Waals surface area contributed by atoms with E-state index < -0.39 is 29.9 Å². The zero-order valence-corrected chi connectivity index (χ0v) is 21.7. The first-order chi connectivity index (χ1) is 17.2. The molecule has 1 atom stereocenters. The van der Waals surface area contributed by atoms with E-state index in [1.807, 2.05) is 18.2 Å². The second kappa shape index (κ2) is 13.2. The standard InChI is InChI=1S/C24H29ClN4O6S/c1-29-11-9-15-3-4-17(13-16(15)10-12-29)27-23(32)18(14-26-20(30)6-7-21(31)34-2)28-24(33)35-22-8-5-19(25)36-22/h3-5,8,13,18H,6-7,9-12,14H2,1-2H3,(H,26,30)(H,27,32)(H,28,33)/t18-/m1/s1. The smallest absolute Gasteiger partial charge is 0.414 e. The molecule has 1 aliphatic rings. The Labute approximate surface area is 218 Å². The number of anilines is 1. The number of ether oxygens (including phenoxy) is 2. The van der Waals surface area contributed by atoms with Gasteiger partial charge >= 0.3 is 12.1 Å². The molecule has 36 heavy (non-hydrogen) atoms. The lowest BCUT2D eigenvalue weighted by Crippen LogP contribution is -2.51. The number of likely N-dealkylation sites (N-methyl/N-ethyl adjacent to an activating group) is 1. The van der Waals surface area contributed by atoms with Crippen LogP contribution in [-0.4, -0.2) is 68.6 Å². The van der Waals surface area contributed by atoms with Crippen molar-refractivity contribution in [3.63, 3.8) is 0 Å². The number of benzene rings is 1. The van der Waals surface area contributed by atoms with E-state index in [1.165, 1.54) is 18.7 Å². The predicted molar refractivity (Wildman–Crippen MR) is 137 cm³/mol. The zero-order valence-electron chi connectivity index (χ0n) is 20.1. The van der Waals surface area contributed by atoms with E-state index >= 15 is 0 Å². The molecule has 0 bridgehead atoms. The summed E-state index contributed by atoms with van der Waals surface area (Å²) in [5.74, 6) is -1.52. The maximum absolute atomic E-state index is 13.1. The van der Waals surface area contributed by atoms with Crippen molar-refractivity contribution >= 4 is 52.5 Å². The monoisotopic (exact) mass is 536 g/mol. The van der Waals surface area contributed by atoms with Crippen LogP contribution in [0.4, 0.5) is 10.5 Å². The number of carbonyl (C=O) groups excluding carboxylic acids is 4. The van der Waals surface area contributed by atoms with Crippen molar-refractivity contribution in [3.8, 4) is 5.06 Å². The number of amides is 3. The van der Waals surface area contributed by atoms with Crippen LogP contribution in [0.1, 0.15) is 24.0 Å². The van der Waals surface area contributed by atoms with Gasteiger partial charge in [0.15, 0.2) is 5.06 Å². The normalized spacial score (nSPS) is 14.1. The molecular weight excluding hydrogens is 508 g/mol. The molecule has 0 fully saturated rings. The van der Waals surface area contributed by atoms with Crippen molar-refractivity contribution < 1.29 is 28.7 Å². The van der Waals surface area contributed by atoms with Crippen LogP contribution < -0.4 is 20.7 Å². The summed E-state index contributed by atoms with van der Waals surface area (Å²) >= 11 is 6.93. The van der Waals surface area contributed by atoms with E-state index in [9.17, 15) is 19.2 Å². The van der Waals surface area contributed by atoms with Gasteiger partial charge in [0.1, 0.15) is 6.04 Å². The summed E-state index contributed by atoms with van der Waals surface area (Å²) in [6.07, 6.45) is 0.711. The summed E-state index contributed by atoms with van der Waals surface area (Å²) in [6, 6.07) is 7.72. The van der Waals surface area contributed by atoms with Gasteiger partial charge in [0, 0.05) is 31.7 Å². The third-order valence-electron chi connectivity index (χ3n) is 5.64. The minimum absolute atomic E-state index is 0.0991. The third kappa shape index (κ3) is 8.51. The molecule has 0 aliphatic carbocycles. The molecule has 2 aromatic rings. The van der Waals surface area contributed by atoms with Crippen LogP contribution in [0.2, 0.25) is 4.34 Å². The molecule has 3 amide bonds. The number of nitrogens with one attached hydrogen (secondary N) is 3. The van der Waals surface area contributed by atoms with Gasteiger partial charge in [-0.1, -0.05) is 29.0 Å². The molecule has 1 aliphatic heterocycles. The Hall–Kier alpha value is -3.15. The number of halogens is 1. The first kappa shape index (κ1) is 27.4. The maximum Gasteiger partial charge on any atom is 0.414 e. The lowest BCUT2D eigenvalue weighted by atomic mass is 10.0. The van der Waals surface area contributed by atoms with E-state index in [-0.39, 0.29) is 24.4 Å². The van der Waals surface area contributed by atoms with Gasteiger partial charge < -0.3 is 30.3 Å². The number of rotatable bonds is 9. The average Bonchev–Trinajstić information content (AvgIpc) is 3.17. The highest BCUT2D eigenvalue weighted by atomic mass is 35.5. The number of nitrogens with zero attached hydrogens (tertiary/aromatic N) is 1. The minimum Gasteiger partial charge on any atom is -0.469 e. The lowest BCUT2D eigenvalue weighted by Gasteiger charge is -2.19. The Morgan fingerprint density at radius 3 is 2.53 bits per heavy atom. The van der Waals surface area contributed by atoms with Gasteiger partial charge in [-0.2, -0.15) is 0 Å². The molecule has 10 nitrogen and oxygen atoms in total. The van der Waals surface area contributed by atoms with Crippen molar-refractivity contribution in [2.45, 2.75) is 31.7 Å². The first-order valence-corrected chi connectivity index (χ1v) is 12.6. The van der Waals surface area contributed by atoms with E-state index in [4.69, 9.17) is 16.3 Å². The fraction of sp³-hybridized carbons (Fsp3) is 0.417. The number of methoxy groups -OCH3 is 1. The van der Waals surface area contributed by atoms with Gasteiger partial charge in [-0.15, -0.1) is 0 Å². The summed E-state index contributed by atoms with van der Waals surface area (Å²) < 4.78 is 10.2. The highest BCUT2D eigenvalue weighted by Gasteiger charge is 2.24. The Morgan fingerprint density at radius 2 is 1.83 bits per heavy atom. The van der Waals surface area contributed by atoms with Crippen molar-refractivity contribution in [1.29, 1.82) is 0 Å². The fourth-order valence-corrected chi connectivity index (χ4v) is 4.46. The molecule has 1 aromatic carbocycles. The van der Waals surface area contributed by atoms with Crippen LogP contribution in [0.15, 0.2) is 30.3 Å². The van der Waals surface area contributed by atoms with E-state index in [0.717, 1.165) is 42.8 Å². The van der Waals surface area contributed by atoms with Crippen LogP contribution in [0, 0.1) is 0 Å². The third-order valence-corrected chi connectivity index (χ3v) is 6.75. The number of fused-ring (bicyclic) bond motifs is 1. The Morgan fingerprint density at radius 1 is 1.08 bits per heavy atom. The Balaban J connectivity index is 1.65. The largest absolute Gasteiger partial charge is 0.469 e. The average molecular weight is 537 g/mol. The molecule has 1 aromatic heterocycles. The molecule has 3 N–H and O–H groups in total. The van der Waals surface area contributed by atoms with Crippen molar-refractivity contribution in [3.05, 3.63) is 45.8 Å². The molecule has 3 rings (SSSR count). The highest BCUT2D eigenvalue weighted by Crippen LogP contribution is 2.28. The van der Waals surface area contributed by atoms with E-state index in [2.05, 4.69) is 32.6 Å². The lowest BCUT2D eigenvalue weighted by molar-refractivity contribution is -0.142. The molecule has 2 heterocycles. The molecule has 0 spiro atoms. The summed E-state index contributed by atoms with van der Waals surface area (Å²) in [7, 11) is 3.31. The summed E-state index contributed by atoms with van der Waals surface area (Å²) in [4.78, 5) is 51.2. The second-order valence-electron chi connectivity index (χ2n) is 8.30.